The second-order valence-electron chi connectivity index (χ2n) is 11.7. The lowest BCUT2D eigenvalue weighted by Gasteiger charge is -2.42. The van der Waals surface area contributed by atoms with Crippen LogP contribution in [0.25, 0.3) is 0 Å². The van der Waals surface area contributed by atoms with Crippen LogP contribution in [0.1, 0.15) is 70.7 Å². The Morgan fingerprint density at radius 2 is 1.97 bits per heavy atom. The van der Waals surface area contributed by atoms with E-state index >= 15 is 0 Å². The van der Waals surface area contributed by atoms with Crippen molar-refractivity contribution in [2.45, 2.75) is 70.7 Å². The third kappa shape index (κ3) is 4.45. The third-order valence-corrected chi connectivity index (χ3v) is 7.67. The number of fused-ring (bicyclic) bond motifs is 1. The fourth-order valence-electron chi connectivity index (χ4n) is 5.99. The average molecular weight is 490 g/mol. The number of rotatable bonds is 5. The maximum absolute atomic E-state index is 13.7. The molecule has 2 aliphatic heterocycles. The fraction of sp³-hybridized carbons (Fsp3) is 0.500. The van der Waals surface area contributed by atoms with Gasteiger partial charge in [0.15, 0.2) is 5.96 Å². The summed E-state index contributed by atoms with van der Waals surface area (Å²) in [6, 6.07) is 11.0. The largest absolute Gasteiger partial charge is 0.487 e. The molecule has 1 aromatic carbocycles. The van der Waals surface area contributed by atoms with E-state index < -0.39 is 17.2 Å². The first kappa shape index (κ1) is 24.3. The van der Waals surface area contributed by atoms with Crippen molar-refractivity contribution in [3.05, 3.63) is 59.9 Å². The van der Waals surface area contributed by atoms with Crippen LogP contribution in [-0.2, 0) is 9.59 Å². The first-order valence-corrected chi connectivity index (χ1v) is 12.6. The van der Waals surface area contributed by atoms with Crippen molar-refractivity contribution < 1.29 is 14.3 Å². The molecule has 8 heteroatoms. The molecular formula is C28H35N5O3. The Hall–Kier alpha value is -3.42. The minimum atomic E-state index is -0.487. The van der Waals surface area contributed by atoms with Gasteiger partial charge in [-0.1, -0.05) is 31.2 Å². The Balaban J connectivity index is 1.41. The predicted octanol–water partition coefficient (Wildman–Crippen LogP) is 3.96. The Kier molecular flexibility index (Phi) is 5.80. The van der Waals surface area contributed by atoms with Gasteiger partial charge in [0.25, 0.3) is 0 Å². The molecule has 36 heavy (non-hydrogen) atoms. The van der Waals surface area contributed by atoms with Crippen LogP contribution in [0.3, 0.4) is 0 Å². The van der Waals surface area contributed by atoms with Crippen molar-refractivity contribution in [1.82, 2.24) is 20.5 Å². The molecule has 2 fully saturated rings. The number of hydrogen-bond acceptors (Lipinski definition) is 5. The Morgan fingerprint density at radius 1 is 1.22 bits per heavy atom. The van der Waals surface area contributed by atoms with Gasteiger partial charge in [0.05, 0.1) is 12.1 Å². The van der Waals surface area contributed by atoms with Crippen molar-refractivity contribution >= 4 is 17.8 Å². The lowest BCUT2D eigenvalue weighted by atomic mass is 9.89. The number of pyridine rings is 1. The molecule has 0 radical (unpaired) electrons. The Morgan fingerprint density at radius 3 is 2.67 bits per heavy atom. The van der Waals surface area contributed by atoms with E-state index in [0.717, 1.165) is 16.9 Å². The number of guanidine groups is 1. The van der Waals surface area contributed by atoms with Gasteiger partial charge in [-0.3, -0.25) is 24.9 Å². The topological polar surface area (TPSA) is 107 Å². The van der Waals surface area contributed by atoms with E-state index in [1.54, 1.807) is 12.4 Å². The van der Waals surface area contributed by atoms with Crippen LogP contribution in [0.4, 0.5) is 0 Å². The van der Waals surface area contributed by atoms with Gasteiger partial charge < -0.3 is 15.4 Å². The molecule has 8 nitrogen and oxygen atoms in total. The van der Waals surface area contributed by atoms with Gasteiger partial charge in [-0.2, -0.15) is 0 Å². The van der Waals surface area contributed by atoms with Crippen LogP contribution < -0.4 is 15.4 Å². The SMILES string of the molecule is CC1[C@@H]([C@@H](c2cccnc2)N2C(=N)NC(C)(C)CC2=O)[C@@H]1C(=O)N[C@H]1CC(C)(C)Oc2ccccc21. The van der Waals surface area contributed by atoms with Crippen molar-refractivity contribution in [2.24, 2.45) is 17.8 Å². The molecule has 1 aromatic heterocycles. The summed E-state index contributed by atoms with van der Waals surface area (Å²) in [4.78, 5) is 32.8. The van der Waals surface area contributed by atoms with E-state index in [4.69, 9.17) is 10.1 Å². The van der Waals surface area contributed by atoms with Crippen molar-refractivity contribution in [2.75, 3.05) is 0 Å². The number of aromatic nitrogens is 1. The van der Waals surface area contributed by atoms with E-state index in [9.17, 15) is 9.59 Å². The second-order valence-corrected chi connectivity index (χ2v) is 11.7. The Bertz CT molecular complexity index is 1170. The smallest absolute Gasteiger partial charge is 0.232 e. The first-order chi connectivity index (χ1) is 17.0. The lowest BCUT2D eigenvalue weighted by Crippen LogP contribution is -2.60. The molecule has 0 bridgehead atoms. The van der Waals surface area contributed by atoms with E-state index in [-0.39, 0.29) is 48.0 Å². The van der Waals surface area contributed by atoms with Crippen LogP contribution >= 0.6 is 0 Å². The van der Waals surface area contributed by atoms with Crippen LogP contribution in [-0.4, -0.2) is 38.8 Å². The first-order valence-electron chi connectivity index (χ1n) is 12.6. The van der Waals surface area contributed by atoms with Gasteiger partial charge in [-0.25, -0.2) is 0 Å². The van der Waals surface area contributed by atoms with Gasteiger partial charge in [0, 0.05) is 42.3 Å². The van der Waals surface area contributed by atoms with E-state index in [0.29, 0.717) is 6.42 Å². The summed E-state index contributed by atoms with van der Waals surface area (Å²) < 4.78 is 6.13. The molecule has 1 saturated carbocycles. The molecule has 3 heterocycles. The molecule has 190 valence electrons. The summed E-state index contributed by atoms with van der Waals surface area (Å²) in [5.74, 6) is 0.388. The molecule has 2 aromatic rings. The zero-order valence-electron chi connectivity index (χ0n) is 21.5. The minimum Gasteiger partial charge on any atom is -0.487 e. The van der Waals surface area contributed by atoms with Crippen LogP contribution in [0.2, 0.25) is 0 Å². The van der Waals surface area contributed by atoms with Gasteiger partial charge in [-0.05, 0) is 57.2 Å². The highest BCUT2D eigenvalue weighted by Gasteiger charge is 2.59. The molecule has 3 N–H and O–H groups in total. The Labute approximate surface area is 212 Å². The number of nitrogens with one attached hydrogen (secondary N) is 3. The number of para-hydroxylation sites is 1. The predicted molar refractivity (Wildman–Crippen MR) is 136 cm³/mol. The highest BCUT2D eigenvalue weighted by atomic mass is 16.5. The summed E-state index contributed by atoms with van der Waals surface area (Å²) in [5, 5.41) is 15.1. The zero-order chi connectivity index (χ0) is 25.8. The van der Waals surface area contributed by atoms with Gasteiger partial charge in [0.1, 0.15) is 11.4 Å². The highest BCUT2D eigenvalue weighted by Crippen LogP contribution is 2.56. The number of ether oxygens (including phenoxy) is 1. The van der Waals surface area contributed by atoms with Gasteiger partial charge >= 0.3 is 0 Å². The number of amides is 2. The van der Waals surface area contributed by atoms with Crippen LogP contribution in [0.15, 0.2) is 48.8 Å². The van der Waals surface area contributed by atoms with Gasteiger partial charge in [-0.15, -0.1) is 0 Å². The normalized spacial score (nSPS) is 28.9. The van der Waals surface area contributed by atoms with Crippen molar-refractivity contribution in [3.8, 4) is 5.75 Å². The fourth-order valence-corrected chi connectivity index (χ4v) is 5.99. The molecule has 1 unspecified atom stereocenters. The van der Waals surface area contributed by atoms with E-state index in [1.165, 1.54) is 4.90 Å². The summed E-state index contributed by atoms with van der Waals surface area (Å²) in [6.07, 6.45) is 4.37. The number of nitrogens with zero attached hydrogens (tertiary/aromatic N) is 2. The summed E-state index contributed by atoms with van der Waals surface area (Å²) in [6.45, 7) is 9.95. The maximum Gasteiger partial charge on any atom is 0.232 e. The quantitative estimate of drug-likeness (QED) is 0.589. The average Bonchev–Trinajstić information content (AvgIpc) is 3.45. The zero-order valence-corrected chi connectivity index (χ0v) is 21.5. The molecule has 3 aliphatic rings. The monoisotopic (exact) mass is 489 g/mol. The standard InChI is InChI=1S/C28H35N5O3/c1-16-22(23(16)25(35)31-19-13-28(4,5)36-20-11-7-6-10-18(19)20)24(17-9-8-12-30-15-17)33-21(34)14-27(2,3)32-26(33)29/h6-12,15-16,19,22-24H,13-14H2,1-5H3,(H2,29,32)(H,31,35)/t16?,19-,22+,23+,24+/m0/s1. The highest BCUT2D eigenvalue weighted by molar-refractivity contribution is 5.99. The second kappa shape index (κ2) is 8.61. The van der Waals surface area contributed by atoms with Crippen LogP contribution in [0.5, 0.6) is 5.75 Å². The molecule has 1 saturated heterocycles. The minimum absolute atomic E-state index is 0.0248. The lowest BCUT2D eigenvalue weighted by molar-refractivity contribution is -0.133. The molecule has 0 spiro atoms. The van der Waals surface area contributed by atoms with Gasteiger partial charge in [0.2, 0.25) is 11.8 Å². The number of hydrogen-bond donors (Lipinski definition) is 3. The molecular weight excluding hydrogens is 454 g/mol. The summed E-state index contributed by atoms with van der Waals surface area (Å²) in [7, 11) is 0. The molecule has 2 amide bonds. The summed E-state index contributed by atoms with van der Waals surface area (Å²) in [5.41, 5.74) is 0.937. The van der Waals surface area contributed by atoms with E-state index in [1.807, 2.05) is 64.1 Å². The summed E-state index contributed by atoms with van der Waals surface area (Å²) >= 11 is 0. The van der Waals surface area contributed by atoms with Crippen molar-refractivity contribution in [1.29, 1.82) is 5.41 Å². The molecule has 1 aliphatic carbocycles. The van der Waals surface area contributed by atoms with E-state index in [2.05, 4.69) is 22.5 Å². The number of carbonyl (C=O) groups is 2. The molecule has 5 rings (SSSR count). The number of carbonyl (C=O) groups excluding carboxylic acids is 2. The molecule has 5 atom stereocenters. The third-order valence-electron chi connectivity index (χ3n) is 7.67. The number of benzene rings is 1. The van der Waals surface area contributed by atoms with Crippen LogP contribution in [0, 0.1) is 23.2 Å². The maximum atomic E-state index is 13.7. The van der Waals surface area contributed by atoms with Crippen molar-refractivity contribution in [3.63, 3.8) is 0 Å².